The molecule has 112 valence electrons. The van der Waals surface area contributed by atoms with E-state index in [1.807, 2.05) is 6.07 Å². The first-order valence-corrected chi connectivity index (χ1v) is 8.59. The smallest absolute Gasteiger partial charge is 0.235 e. The number of nitrogens with zero attached hydrogens (tertiary/aromatic N) is 2. The van der Waals surface area contributed by atoms with Crippen molar-refractivity contribution in [1.82, 2.24) is 4.98 Å². The molecule has 0 spiro atoms. The van der Waals surface area contributed by atoms with Gasteiger partial charge in [0.05, 0.1) is 27.7 Å². The van der Waals surface area contributed by atoms with Crippen molar-refractivity contribution in [2.24, 2.45) is 0 Å². The average Bonchev–Trinajstić information content (AvgIpc) is 3.32. The maximum Gasteiger partial charge on any atom is 0.235 e. The number of aromatic nitrogens is 1. The monoisotopic (exact) mass is 333 g/mol. The highest BCUT2D eigenvalue weighted by atomic mass is 35.5. The Morgan fingerprint density at radius 3 is 2.64 bits per heavy atom. The molecular weight excluding hydrogens is 322 g/mol. The van der Waals surface area contributed by atoms with E-state index in [4.69, 9.17) is 16.9 Å². The topological polar surface area (TPSA) is 82.8 Å². The molecule has 1 aromatic heterocycles. The summed E-state index contributed by atoms with van der Waals surface area (Å²) < 4.78 is 26.5. The van der Waals surface area contributed by atoms with Gasteiger partial charge in [-0.2, -0.15) is 5.26 Å². The predicted molar refractivity (Wildman–Crippen MR) is 85.0 cm³/mol. The van der Waals surface area contributed by atoms with Crippen molar-refractivity contribution >= 4 is 27.3 Å². The van der Waals surface area contributed by atoms with Crippen molar-refractivity contribution in [1.29, 1.82) is 5.26 Å². The van der Waals surface area contributed by atoms with Gasteiger partial charge in [0.1, 0.15) is 6.07 Å². The summed E-state index contributed by atoms with van der Waals surface area (Å²) in [7, 11) is -3.32. The molecule has 0 saturated heterocycles. The van der Waals surface area contributed by atoms with Gasteiger partial charge in [-0.1, -0.05) is 17.7 Å². The van der Waals surface area contributed by atoms with Crippen LogP contribution in [0.15, 0.2) is 36.7 Å². The lowest BCUT2D eigenvalue weighted by molar-refractivity contribution is 0.600. The van der Waals surface area contributed by atoms with Crippen LogP contribution in [0, 0.1) is 11.3 Å². The second kappa shape index (κ2) is 5.59. The first-order valence-electron chi connectivity index (χ1n) is 6.66. The summed E-state index contributed by atoms with van der Waals surface area (Å²) in [4.78, 5) is 4.06. The molecule has 0 atom stereocenters. The van der Waals surface area contributed by atoms with Gasteiger partial charge in [0.25, 0.3) is 0 Å². The third-order valence-corrected chi connectivity index (χ3v) is 5.57. The summed E-state index contributed by atoms with van der Waals surface area (Å²) in [5.74, 6) is 0. The Morgan fingerprint density at radius 1 is 1.23 bits per heavy atom. The fraction of sp³-hybridized carbons (Fsp3) is 0.200. The van der Waals surface area contributed by atoms with Crippen LogP contribution >= 0.6 is 11.6 Å². The Labute approximate surface area is 133 Å². The van der Waals surface area contributed by atoms with Crippen LogP contribution in [-0.2, 0) is 10.0 Å². The molecule has 5 nitrogen and oxygen atoms in total. The summed E-state index contributed by atoms with van der Waals surface area (Å²) in [6.07, 6.45) is 4.49. The van der Waals surface area contributed by atoms with Gasteiger partial charge in [0.2, 0.25) is 10.0 Å². The molecule has 2 aromatic rings. The molecule has 0 unspecified atom stereocenters. The molecule has 0 radical (unpaired) electrons. The minimum atomic E-state index is -3.32. The van der Waals surface area contributed by atoms with Crippen LogP contribution in [0.25, 0.3) is 11.1 Å². The predicted octanol–water partition coefficient (Wildman–Crippen LogP) is 3.18. The minimum absolute atomic E-state index is 0.291. The lowest BCUT2D eigenvalue weighted by atomic mass is 10.1. The molecule has 1 aliphatic rings. The van der Waals surface area contributed by atoms with Crippen LogP contribution in [0.1, 0.15) is 18.4 Å². The fourth-order valence-electron chi connectivity index (χ4n) is 2.06. The summed E-state index contributed by atoms with van der Waals surface area (Å²) >= 11 is 6.02. The second-order valence-electron chi connectivity index (χ2n) is 5.12. The molecule has 1 aromatic carbocycles. The normalized spacial score (nSPS) is 14.4. The van der Waals surface area contributed by atoms with Crippen molar-refractivity contribution in [3.05, 3.63) is 47.2 Å². The highest BCUT2D eigenvalue weighted by Crippen LogP contribution is 2.31. The highest BCUT2D eigenvalue weighted by Gasteiger charge is 2.35. The maximum absolute atomic E-state index is 12.0. The van der Waals surface area contributed by atoms with Crippen LogP contribution < -0.4 is 4.72 Å². The van der Waals surface area contributed by atoms with Crippen LogP contribution in [0.4, 0.5) is 5.69 Å². The van der Waals surface area contributed by atoms with Crippen molar-refractivity contribution < 1.29 is 8.42 Å². The fourth-order valence-corrected chi connectivity index (χ4v) is 3.65. The molecule has 1 saturated carbocycles. The van der Waals surface area contributed by atoms with Crippen molar-refractivity contribution in [2.75, 3.05) is 4.72 Å². The quantitative estimate of drug-likeness (QED) is 0.931. The van der Waals surface area contributed by atoms with E-state index in [0.29, 0.717) is 29.1 Å². The van der Waals surface area contributed by atoms with Crippen molar-refractivity contribution in [2.45, 2.75) is 18.1 Å². The van der Waals surface area contributed by atoms with Gasteiger partial charge in [-0.3, -0.25) is 9.71 Å². The molecule has 0 bridgehead atoms. The Kier molecular flexibility index (Phi) is 3.77. The van der Waals surface area contributed by atoms with E-state index < -0.39 is 10.0 Å². The van der Waals surface area contributed by atoms with E-state index in [-0.39, 0.29) is 5.25 Å². The lowest BCUT2D eigenvalue weighted by Crippen LogP contribution is -2.17. The molecule has 3 rings (SSSR count). The number of halogens is 1. The Morgan fingerprint density at radius 2 is 2.00 bits per heavy atom. The third kappa shape index (κ3) is 3.06. The van der Waals surface area contributed by atoms with Gasteiger partial charge < -0.3 is 0 Å². The third-order valence-electron chi connectivity index (χ3n) is 3.38. The summed E-state index contributed by atoms with van der Waals surface area (Å²) in [5.41, 5.74) is 2.31. The van der Waals surface area contributed by atoms with E-state index in [0.717, 1.165) is 11.1 Å². The number of pyridine rings is 1. The number of benzene rings is 1. The van der Waals surface area contributed by atoms with Crippen LogP contribution in [0.3, 0.4) is 0 Å². The lowest BCUT2D eigenvalue weighted by Gasteiger charge is -2.09. The molecule has 1 aliphatic carbocycles. The second-order valence-corrected chi connectivity index (χ2v) is 7.48. The summed E-state index contributed by atoms with van der Waals surface area (Å²) in [6, 6.07) is 8.73. The van der Waals surface area contributed by atoms with Crippen molar-refractivity contribution in [3.8, 4) is 17.2 Å². The van der Waals surface area contributed by atoms with E-state index in [1.54, 1.807) is 30.5 Å². The Hall–Kier alpha value is -2.10. The number of nitrogens with one attached hydrogen (secondary N) is 1. The van der Waals surface area contributed by atoms with Gasteiger partial charge in [-0.25, -0.2) is 8.42 Å². The number of anilines is 1. The first kappa shape index (κ1) is 14.8. The van der Waals surface area contributed by atoms with Crippen LogP contribution in [0.5, 0.6) is 0 Å². The molecule has 1 N–H and O–H groups in total. The number of rotatable bonds is 4. The van der Waals surface area contributed by atoms with Gasteiger partial charge >= 0.3 is 0 Å². The van der Waals surface area contributed by atoms with Crippen LogP contribution in [0.2, 0.25) is 5.02 Å². The molecule has 0 amide bonds. The average molecular weight is 334 g/mol. The Balaban J connectivity index is 1.91. The number of nitriles is 1. The number of sulfonamides is 1. The summed E-state index contributed by atoms with van der Waals surface area (Å²) in [5, 5.41) is 8.95. The van der Waals surface area contributed by atoms with Gasteiger partial charge in [0, 0.05) is 11.8 Å². The van der Waals surface area contributed by atoms with E-state index in [2.05, 4.69) is 9.71 Å². The minimum Gasteiger partial charge on any atom is -0.282 e. The standard InChI is InChI=1S/C15H12ClN3O2S/c16-15-6-10(1-2-11(15)7-17)12-5-13(9-18-8-12)19-22(20,21)14-3-4-14/h1-2,5-6,8-9,14,19H,3-4H2. The van der Waals surface area contributed by atoms with E-state index >= 15 is 0 Å². The molecule has 7 heteroatoms. The first-order chi connectivity index (χ1) is 10.5. The molecule has 1 heterocycles. The summed E-state index contributed by atoms with van der Waals surface area (Å²) in [6.45, 7) is 0. The molecule has 22 heavy (non-hydrogen) atoms. The van der Waals surface area contributed by atoms with Crippen molar-refractivity contribution in [3.63, 3.8) is 0 Å². The molecular formula is C15H12ClN3O2S. The number of hydrogen-bond acceptors (Lipinski definition) is 4. The molecule has 1 fully saturated rings. The maximum atomic E-state index is 12.0. The largest absolute Gasteiger partial charge is 0.282 e. The SMILES string of the molecule is N#Cc1ccc(-c2cncc(NS(=O)(=O)C3CC3)c2)cc1Cl. The zero-order valence-electron chi connectivity index (χ0n) is 11.5. The zero-order chi connectivity index (χ0) is 15.7. The molecule has 0 aliphatic heterocycles. The zero-order valence-corrected chi connectivity index (χ0v) is 13.0. The Bertz CT molecular complexity index is 871. The van der Waals surface area contributed by atoms with Gasteiger partial charge in [-0.15, -0.1) is 0 Å². The number of hydrogen-bond donors (Lipinski definition) is 1. The van der Waals surface area contributed by atoms with Crippen LogP contribution in [-0.4, -0.2) is 18.7 Å². The van der Waals surface area contributed by atoms with E-state index in [9.17, 15) is 8.42 Å². The van der Waals surface area contributed by atoms with Gasteiger partial charge in [0.15, 0.2) is 0 Å². The van der Waals surface area contributed by atoms with E-state index in [1.165, 1.54) is 6.20 Å². The van der Waals surface area contributed by atoms with Gasteiger partial charge in [-0.05, 0) is 36.6 Å². The highest BCUT2D eigenvalue weighted by molar-refractivity contribution is 7.93.